The summed E-state index contributed by atoms with van der Waals surface area (Å²) in [6.45, 7) is 7.83. The highest BCUT2D eigenvalue weighted by Gasteiger charge is 2.46. The van der Waals surface area contributed by atoms with Crippen molar-refractivity contribution in [3.05, 3.63) is 0 Å². The molecule has 5 nitrogen and oxygen atoms in total. The maximum atomic E-state index is 12.3. The van der Waals surface area contributed by atoms with Crippen molar-refractivity contribution in [2.45, 2.75) is 65.0 Å². The van der Waals surface area contributed by atoms with E-state index < -0.39 is 17.0 Å². The lowest BCUT2D eigenvalue weighted by atomic mass is 9.73. The molecule has 6 heteroatoms. The highest BCUT2D eigenvalue weighted by atomic mass is 35.5. The first kappa shape index (κ1) is 18.1. The van der Waals surface area contributed by atoms with Gasteiger partial charge < -0.3 is 14.7 Å². The molecule has 1 amide bonds. The molecule has 2 atom stereocenters. The van der Waals surface area contributed by atoms with Crippen LogP contribution < -0.4 is 0 Å². The number of rotatable bonds is 4. The molecule has 0 aromatic rings. The van der Waals surface area contributed by atoms with Crippen LogP contribution in [0, 0.1) is 5.41 Å². The molecule has 0 aliphatic carbocycles. The van der Waals surface area contributed by atoms with Crippen molar-refractivity contribution in [3.8, 4) is 0 Å². The molecule has 1 rings (SSSR count). The Hall–Kier alpha value is -0.970. The maximum Gasteiger partial charge on any atom is 0.410 e. The van der Waals surface area contributed by atoms with Gasteiger partial charge in [-0.3, -0.25) is 4.79 Å². The fourth-order valence-electron chi connectivity index (χ4n) is 2.82. The van der Waals surface area contributed by atoms with E-state index in [0.717, 1.165) is 0 Å². The first-order valence-corrected chi connectivity index (χ1v) is 7.97. The number of amides is 1. The molecule has 1 heterocycles. The molecule has 0 radical (unpaired) electrons. The molecule has 1 fully saturated rings. The number of carboxylic acids is 1. The summed E-state index contributed by atoms with van der Waals surface area (Å²) >= 11 is 5.78. The van der Waals surface area contributed by atoms with E-state index in [-0.39, 0.29) is 12.1 Å². The Morgan fingerprint density at radius 3 is 2.48 bits per heavy atom. The lowest BCUT2D eigenvalue weighted by Gasteiger charge is -2.44. The maximum absolute atomic E-state index is 12.3. The Labute approximate surface area is 131 Å². The van der Waals surface area contributed by atoms with Crippen LogP contribution in [-0.2, 0) is 9.53 Å². The number of carboxylic acid groups (broad SMARTS) is 1. The molecule has 1 saturated heterocycles. The third-order valence-corrected chi connectivity index (χ3v) is 4.21. The second-order valence-corrected chi connectivity index (χ2v) is 7.09. The van der Waals surface area contributed by atoms with Crippen molar-refractivity contribution in [2.24, 2.45) is 5.41 Å². The number of halogens is 1. The van der Waals surface area contributed by atoms with E-state index in [0.29, 0.717) is 38.1 Å². The number of aliphatic carboxylic acids is 1. The molecule has 0 spiro atoms. The van der Waals surface area contributed by atoms with Crippen molar-refractivity contribution in [3.63, 3.8) is 0 Å². The van der Waals surface area contributed by atoms with E-state index in [1.165, 1.54) is 0 Å². The molecule has 1 aliphatic heterocycles. The van der Waals surface area contributed by atoms with Crippen LogP contribution in [-0.4, -0.2) is 46.1 Å². The summed E-state index contributed by atoms with van der Waals surface area (Å²) in [5.41, 5.74) is -1.37. The van der Waals surface area contributed by atoms with Gasteiger partial charge in [0.1, 0.15) is 5.60 Å². The van der Waals surface area contributed by atoms with Gasteiger partial charge >= 0.3 is 12.1 Å². The number of hydrogen-bond acceptors (Lipinski definition) is 3. The summed E-state index contributed by atoms with van der Waals surface area (Å²) in [6.07, 6.45) is 1.63. The predicted molar refractivity (Wildman–Crippen MR) is 81.7 cm³/mol. The Balaban J connectivity index is 2.86. The van der Waals surface area contributed by atoms with Crippen LogP contribution >= 0.6 is 11.6 Å². The van der Waals surface area contributed by atoms with Crippen LogP contribution in [0.1, 0.15) is 53.4 Å². The summed E-state index contributed by atoms with van der Waals surface area (Å²) < 4.78 is 5.41. The van der Waals surface area contributed by atoms with E-state index in [4.69, 9.17) is 16.3 Å². The Bertz CT molecular complexity index is 394. The molecule has 1 aliphatic rings. The quantitative estimate of drug-likeness (QED) is 0.805. The smallest absolute Gasteiger partial charge is 0.410 e. The number of carbonyl (C=O) groups is 2. The van der Waals surface area contributed by atoms with Crippen LogP contribution in [0.2, 0.25) is 0 Å². The average molecular weight is 320 g/mol. The van der Waals surface area contributed by atoms with Crippen molar-refractivity contribution in [1.82, 2.24) is 4.90 Å². The van der Waals surface area contributed by atoms with Gasteiger partial charge in [-0.2, -0.15) is 0 Å². The first-order chi connectivity index (χ1) is 9.65. The SMILES string of the molecule is CCC1CC(CCCl)(C(=O)O)CCN1C(=O)OC(C)(C)C. The van der Waals surface area contributed by atoms with Crippen molar-refractivity contribution < 1.29 is 19.4 Å². The number of nitrogens with zero attached hydrogens (tertiary/aromatic N) is 1. The van der Waals surface area contributed by atoms with E-state index in [1.54, 1.807) is 4.90 Å². The summed E-state index contributed by atoms with van der Waals surface area (Å²) in [4.78, 5) is 25.6. The Morgan fingerprint density at radius 2 is 2.05 bits per heavy atom. The van der Waals surface area contributed by atoms with Gasteiger partial charge in [-0.25, -0.2) is 4.79 Å². The van der Waals surface area contributed by atoms with Gasteiger partial charge in [-0.1, -0.05) is 6.92 Å². The molecule has 122 valence electrons. The Kier molecular flexibility index (Phi) is 5.91. The normalized spacial score (nSPS) is 26.5. The van der Waals surface area contributed by atoms with Crippen LogP contribution in [0.15, 0.2) is 0 Å². The third-order valence-electron chi connectivity index (χ3n) is 4.02. The molecule has 1 N–H and O–H groups in total. The first-order valence-electron chi connectivity index (χ1n) is 7.44. The average Bonchev–Trinajstić information content (AvgIpc) is 2.36. The van der Waals surface area contributed by atoms with Gasteiger partial charge in [0.05, 0.1) is 5.41 Å². The minimum Gasteiger partial charge on any atom is -0.481 e. The Morgan fingerprint density at radius 1 is 1.43 bits per heavy atom. The minimum atomic E-state index is -0.819. The van der Waals surface area contributed by atoms with Crippen molar-refractivity contribution in [2.75, 3.05) is 12.4 Å². The molecule has 0 aromatic heterocycles. The molecular formula is C15H26ClNO4. The molecule has 0 bridgehead atoms. The lowest BCUT2D eigenvalue weighted by Crippen LogP contribution is -2.53. The number of alkyl halides is 1. The monoisotopic (exact) mass is 319 g/mol. The van der Waals surface area contributed by atoms with Crippen LogP contribution in [0.4, 0.5) is 4.79 Å². The van der Waals surface area contributed by atoms with Crippen LogP contribution in [0.5, 0.6) is 0 Å². The minimum absolute atomic E-state index is 0.118. The number of ether oxygens (including phenoxy) is 1. The number of piperidine rings is 1. The highest BCUT2D eigenvalue weighted by Crippen LogP contribution is 2.40. The zero-order valence-corrected chi connectivity index (χ0v) is 14.1. The zero-order valence-electron chi connectivity index (χ0n) is 13.3. The van der Waals surface area contributed by atoms with Gasteiger partial charge in [0.2, 0.25) is 0 Å². The van der Waals surface area contributed by atoms with Crippen LogP contribution in [0.3, 0.4) is 0 Å². The van der Waals surface area contributed by atoms with E-state index in [9.17, 15) is 14.7 Å². The van der Waals surface area contributed by atoms with Crippen molar-refractivity contribution >= 4 is 23.7 Å². The topological polar surface area (TPSA) is 66.8 Å². The van der Waals surface area contributed by atoms with E-state index in [2.05, 4.69) is 0 Å². The molecular weight excluding hydrogens is 294 g/mol. The number of likely N-dealkylation sites (tertiary alicyclic amines) is 1. The summed E-state index contributed by atoms with van der Waals surface area (Å²) in [5.74, 6) is -0.500. The largest absolute Gasteiger partial charge is 0.481 e. The number of hydrogen-bond donors (Lipinski definition) is 1. The van der Waals surface area contributed by atoms with Gasteiger partial charge in [0.15, 0.2) is 0 Å². The van der Waals surface area contributed by atoms with Gasteiger partial charge in [-0.05, 0) is 46.5 Å². The summed E-state index contributed by atoms with van der Waals surface area (Å²) in [6, 6.07) is -0.118. The third kappa shape index (κ3) is 4.50. The standard InChI is InChI=1S/C15H26ClNO4/c1-5-11-10-15(6-8-16,12(18)19)7-9-17(11)13(20)21-14(2,3)4/h11H,5-10H2,1-4H3,(H,18,19). The zero-order chi connectivity index (χ0) is 16.3. The van der Waals surface area contributed by atoms with Gasteiger partial charge in [0.25, 0.3) is 0 Å². The molecule has 21 heavy (non-hydrogen) atoms. The van der Waals surface area contributed by atoms with Gasteiger partial charge in [-0.15, -0.1) is 11.6 Å². The fourth-order valence-corrected chi connectivity index (χ4v) is 3.18. The number of carbonyl (C=O) groups excluding carboxylic acids is 1. The highest BCUT2D eigenvalue weighted by molar-refractivity contribution is 6.18. The van der Waals surface area contributed by atoms with Gasteiger partial charge in [0, 0.05) is 18.5 Å². The van der Waals surface area contributed by atoms with E-state index in [1.807, 2.05) is 27.7 Å². The van der Waals surface area contributed by atoms with Crippen LogP contribution in [0.25, 0.3) is 0 Å². The fraction of sp³-hybridized carbons (Fsp3) is 0.867. The molecule has 0 aromatic carbocycles. The molecule has 2 unspecified atom stereocenters. The predicted octanol–water partition coefficient (Wildman–Crippen LogP) is 3.50. The lowest BCUT2D eigenvalue weighted by molar-refractivity contribution is -0.153. The molecule has 0 saturated carbocycles. The van der Waals surface area contributed by atoms with Crippen molar-refractivity contribution in [1.29, 1.82) is 0 Å². The summed E-state index contributed by atoms with van der Waals surface area (Å²) in [7, 11) is 0. The second kappa shape index (κ2) is 6.86. The summed E-state index contributed by atoms with van der Waals surface area (Å²) in [5, 5.41) is 9.55. The second-order valence-electron chi connectivity index (χ2n) is 6.71. The van der Waals surface area contributed by atoms with E-state index >= 15 is 0 Å².